The molecular weight excluding hydrogens is 358 g/mol. The van der Waals surface area contributed by atoms with E-state index in [-0.39, 0.29) is 0 Å². The molecule has 0 saturated carbocycles. The third kappa shape index (κ3) is 3.64. The van der Waals surface area contributed by atoms with Crippen molar-refractivity contribution in [1.29, 1.82) is 0 Å². The predicted octanol–water partition coefficient (Wildman–Crippen LogP) is 4.79. The first-order valence-electron chi connectivity index (χ1n) is 10.3. The first-order chi connectivity index (χ1) is 14.3. The van der Waals surface area contributed by atoms with E-state index in [2.05, 4.69) is 76.1 Å². The number of aromatic nitrogens is 2. The molecular formula is C25H25N3O. The number of para-hydroxylation sites is 1. The number of anilines is 1. The Bertz CT molecular complexity index is 1130. The van der Waals surface area contributed by atoms with Gasteiger partial charge in [0.1, 0.15) is 0 Å². The summed E-state index contributed by atoms with van der Waals surface area (Å²) in [6.07, 6.45) is 7.12. The van der Waals surface area contributed by atoms with Crippen LogP contribution in [0.2, 0.25) is 0 Å². The summed E-state index contributed by atoms with van der Waals surface area (Å²) in [7, 11) is 0. The van der Waals surface area contributed by atoms with Crippen molar-refractivity contribution in [3.63, 3.8) is 0 Å². The first kappa shape index (κ1) is 18.0. The molecule has 4 heteroatoms. The van der Waals surface area contributed by atoms with Gasteiger partial charge in [-0.15, -0.1) is 0 Å². The van der Waals surface area contributed by atoms with E-state index in [0.29, 0.717) is 0 Å². The van der Waals surface area contributed by atoms with Gasteiger partial charge in [0.2, 0.25) is 0 Å². The third-order valence-electron chi connectivity index (χ3n) is 5.92. The van der Waals surface area contributed by atoms with Gasteiger partial charge in [0.25, 0.3) is 0 Å². The molecule has 0 radical (unpaired) electrons. The number of hydrogen-bond donors (Lipinski definition) is 3. The van der Waals surface area contributed by atoms with Gasteiger partial charge in [-0.3, -0.25) is 4.98 Å². The van der Waals surface area contributed by atoms with Gasteiger partial charge in [0, 0.05) is 35.5 Å². The summed E-state index contributed by atoms with van der Waals surface area (Å²) < 4.78 is 0. The molecule has 0 fully saturated rings. The molecule has 0 saturated heterocycles. The van der Waals surface area contributed by atoms with Crippen molar-refractivity contribution in [3.05, 3.63) is 94.9 Å². The molecule has 0 bridgehead atoms. The highest BCUT2D eigenvalue weighted by atomic mass is 16.3. The van der Waals surface area contributed by atoms with Gasteiger partial charge < -0.3 is 15.4 Å². The molecule has 5 rings (SSSR count). The van der Waals surface area contributed by atoms with Crippen LogP contribution >= 0.6 is 0 Å². The molecule has 1 aliphatic carbocycles. The molecule has 1 unspecified atom stereocenters. The minimum atomic E-state index is -0.395. The molecule has 4 nitrogen and oxygen atoms in total. The smallest absolute Gasteiger partial charge is 0.0965 e. The van der Waals surface area contributed by atoms with Crippen molar-refractivity contribution in [2.45, 2.75) is 31.8 Å². The Labute approximate surface area is 170 Å². The molecule has 3 N–H and O–H groups in total. The Kier molecular flexibility index (Phi) is 4.78. The van der Waals surface area contributed by atoms with Crippen LogP contribution in [0.3, 0.4) is 0 Å². The first-order valence-corrected chi connectivity index (χ1v) is 10.3. The maximum absolute atomic E-state index is 10.0. The highest BCUT2D eigenvalue weighted by Gasteiger charge is 2.23. The lowest BCUT2D eigenvalue weighted by Gasteiger charge is -2.10. The summed E-state index contributed by atoms with van der Waals surface area (Å²) >= 11 is 0. The number of benzene rings is 2. The molecule has 2 aromatic heterocycles. The number of rotatable bonds is 6. The van der Waals surface area contributed by atoms with E-state index in [0.717, 1.165) is 43.6 Å². The third-order valence-corrected chi connectivity index (χ3v) is 5.92. The summed E-state index contributed by atoms with van der Waals surface area (Å²) in [4.78, 5) is 7.71. The molecule has 4 aromatic rings. The van der Waals surface area contributed by atoms with E-state index in [9.17, 15) is 5.11 Å². The van der Waals surface area contributed by atoms with Crippen LogP contribution in [0.5, 0.6) is 0 Å². The van der Waals surface area contributed by atoms with Gasteiger partial charge in [0.15, 0.2) is 0 Å². The van der Waals surface area contributed by atoms with Crippen LogP contribution in [-0.2, 0) is 19.3 Å². The fourth-order valence-electron chi connectivity index (χ4n) is 4.35. The quantitative estimate of drug-likeness (QED) is 0.449. The summed E-state index contributed by atoms with van der Waals surface area (Å²) in [6, 6.07) is 19.2. The standard InChI is InChI=1S/C25H25N3O/c29-24-10-9-22-18(11-14-27-25(22)24)15-17-5-7-20(8-6-17)26-13-12-19-16-28-23-4-2-1-3-21(19)23/h1-8,11,14,16,24,26,28-29H,9-10,12-13,15H2. The van der Waals surface area contributed by atoms with Gasteiger partial charge in [-0.1, -0.05) is 30.3 Å². The van der Waals surface area contributed by atoms with Crippen molar-refractivity contribution in [2.24, 2.45) is 0 Å². The second kappa shape index (κ2) is 7.72. The maximum atomic E-state index is 10.0. The van der Waals surface area contributed by atoms with Crippen molar-refractivity contribution in [2.75, 3.05) is 11.9 Å². The molecule has 1 aliphatic rings. The van der Waals surface area contributed by atoms with Crippen molar-refractivity contribution < 1.29 is 5.11 Å². The predicted molar refractivity (Wildman–Crippen MR) is 117 cm³/mol. The summed E-state index contributed by atoms with van der Waals surface area (Å²) in [5.41, 5.74) is 8.36. The molecule has 0 amide bonds. The second-order valence-corrected chi connectivity index (χ2v) is 7.80. The number of aliphatic hydroxyl groups is 1. The van der Waals surface area contributed by atoms with Gasteiger partial charge in [-0.2, -0.15) is 0 Å². The molecule has 0 aliphatic heterocycles. The summed E-state index contributed by atoms with van der Waals surface area (Å²) in [5, 5.41) is 14.9. The fourth-order valence-corrected chi connectivity index (χ4v) is 4.35. The van der Waals surface area contributed by atoms with Crippen LogP contribution in [0.15, 0.2) is 67.0 Å². The minimum absolute atomic E-state index is 0.395. The van der Waals surface area contributed by atoms with Crippen molar-refractivity contribution in [3.8, 4) is 0 Å². The lowest BCUT2D eigenvalue weighted by Crippen LogP contribution is -2.04. The fraction of sp³-hybridized carbons (Fsp3) is 0.240. The van der Waals surface area contributed by atoms with E-state index in [1.807, 2.05) is 6.20 Å². The Balaban J connectivity index is 1.21. The summed E-state index contributed by atoms with van der Waals surface area (Å²) in [5.74, 6) is 0. The molecule has 1 atom stereocenters. The van der Waals surface area contributed by atoms with Crippen LogP contribution in [0.1, 0.15) is 40.5 Å². The Hall–Kier alpha value is -3.11. The Morgan fingerprint density at radius 3 is 2.79 bits per heavy atom. The van der Waals surface area contributed by atoms with Crippen LogP contribution in [0, 0.1) is 0 Å². The normalized spacial score (nSPS) is 15.6. The maximum Gasteiger partial charge on any atom is 0.0965 e. The SMILES string of the molecule is OC1CCc2c(Cc3ccc(NCCc4c[nH]c5ccccc45)cc3)ccnc21. The van der Waals surface area contributed by atoms with E-state index in [1.54, 1.807) is 0 Å². The molecule has 2 heterocycles. The number of fused-ring (bicyclic) bond motifs is 2. The number of nitrogens with one attached hydrogen (secondary N) is 2. The second-order valence-electron chi connectivity index (χ2n) is 7.80. The Morgan fingerprint density at radius 2 is 1.90 bits per heavy atom. The van der Waals surface area contributed by atoms with E-state index in [1.165, 1.54) is 33.2 Å². The van der Waals surface area contributed by atoms with Gasteiger partial charge in [0.05, 0.1) is 11.8 Å². The highest BCUT2D eigenvalue weighted by Crippen LogP contribution is 2.32. The monoisotopic (exact) mass is 383 g/mol. The van der Waals surface area contributed by atoms with Crippen LogP contribution in [0.4, 0.5) is 5.69 Å². The van der Waals surface area contributed by atoms with Crippen molar-refractivity contribution in [1.82, 2.24) is 9.97 Å². The number of aliphatic hydroxyl groups excluding tert-OH is 1. The molecule has 0 spiro atoms. The van der Waals surface area contributed by atoms with Gasteiger partial charge in [-0.25, -0.2) is 0 Å². The number of pyridine rings is 1. The lowest BCUT2D eigenvalue weighted by atomic mass is 10.00. The van der Waals surface area contributed by atoms with Gasteiger partial charge >= 0.3 is 0 Å². The average Bonchev–Trinajstić information content (AvgIpc) is 3.34. The largest absolute Gasteiger partial charge is 0.387 e. The number of hydrogen-bond acceptors (Lipinski definition) is 3. The topological polar surface area (TPSA) is 60.9 Å². The van der Waals surface area contributed by atoms with E-state index >= 15 is 0 Å². The van der Waals surface area contributed by atoms with Gasteiger partial charge in [-0.05, 0) is 72.2 Å². The van der Waals surface area contributed by atoms with Crippen LogP contribution < -0.4 is 5.32 Å². The number of aromatic amines is 1. The molecule has 2 aromatic carbocycles. The highest BCUT2D eigenvalue weighted by molar-refractivity contribution is 5.83. The lowest BCUT2D eigenvalue weighted by molar-refractivity contribution is 0.176. The zero-order valence-corrected chi connectivity index (χ0v) is 16.4. The van der Waals surface area contributed by atoms with Crippen LogP contribution in [-0.4, -0.2) is 21.6 Å². The van der Waals surface area contributed by atoms with E-state index < -0.39 is 6.10 Å². The molecule has 29 heavy (non-hydrogen) atoms. The number of H-pyrrole nitrogens is 1. The zero-order chi connectivity index (χ0) is 19.6. The average molecular weight is 383 g/mol. The number of nitrogens with zero attached hydrogens (tertiary/aromatic N) is 1. The van der Waals surface area contributed by atoms with E-state index in [4.69, 9.17) is 0 Å². The van der Waals surface area contributed by atoms with Crippen molar-refractivity contribution >= 4 is 16.6 Å². The van der Waals surface area contributed by atoms with Crippen LogP contribution in [0.25, 0.3) is 10.9 Å². The minimum Gasteiger partial charge on any atom is -0.387 e. The Morgan fingerprint density at radius 1 is 1.03 bits per heavy atom. The summed E-state index contributed by atoms with van der Waals surface area (Å²) in [6.45, 7) is 0.900. The molecule has 146 valence electrons. The zero-order valence-electron chi connectivity index (χ0n) is 16.4.